The van der Waals surface area contributed by atoms with Gasteiger partial charge >= 0.3 is 5.97 Å². The van der Waals surface area contributed by atoms with E-state index in [0.717, 1.165) is 28.9 Å². The lowest BCUT2D eigenvalue weighted by Crippen LogP contribution is -2.34. The van der Waals surface area contributed by atoms with Crippen LogP contribution >= 0.6 is 12.4 Å². The summed E-state index contributed by atoms with van der Waals surface area (Å²) in [6.45, 7) is 4.49. The lowest BCUT2D eigenvalue weighted by Gasteiger charge is -2.26. The van der Waals surface area contributed by atoms with Gasteiger partial charge in [-0.05, 0) is 67.8 Å². The molecule has 1 fully saturated rings. The van der Waals surface area contributed by atoms with Gasteiger partial charge in [-0.1, -0.05) is 12.1 Å². The molecule has 35 heavy (non-hydrogen) atoms. The van der Waals surface area contributed by atoms with Crippen LogP contribution in [-0.2, 0) is 23.1 Å². The zero-order valence-electron chi connectivity index (χ0n) is 20.3. The molecule has 188 valence electrons. The molecule has 0 aliphatic heterocycles. The molecule has 8 nitrogen and oxygen atoms in total. The van der Waals surface area contributed by atoms with E-state index >= 15 is 0 Å². The maximum atomic E-state index is 13.6. The normalized spacial score (nSPS) is 19.4. The fraction of sp³-hybridized carbons (Fsp3) is 0.440. The first-order valence-electron chi connectivity index (χ1n) is 11.5. The van der Waals surface area contributed by atoms with Crippen molar-refractivity contribution in [3.05, 3.63) is 59.4 Å². The molecule has 1 saturated carbocycles. The molecule has 2 aromatic carbocycles. The van der Waals surface area contributed by atoms with Crippen molar-refractivity contribution in [2.75, 3.05) is 7.11 Å². The summed E-state index contributed by atoms with van der Waals surface area (Å²) in [4.78, 5) is 13.9. The molecule has 1 heterocycles. The van der Waals surface area contributed by atoms with Gasteiger partial charge < -0.3 is 14.8 Å². The van der Waals surface area contributed by atoms with Crippen molar-refractivity contribution < 1.29 is 18.7 Å². The SMILES string of the molecule is COC(=O)[C@H]1CC[C@H](NCc2cc(-c3nnn(C)n3)ccc2OC(C)C)[C@@H]1c1ccc(F)cc1.Cl. The number of carbonyl (C=O) groups is 1. The standard InChI is InChI=1S/C25H30FN5O3.ClH/c1-15(2)34-22-12-7-17(24-28-30-31(3)29-24)13-18(22)14-27-21-11-10-20(25(32)33-4)23(21)16-5-8-19(26)9-6-16;/h5-9,12-13,15,20-21,23,27H,10-11,14H2,1-4H3;1H/t20-,21-,23+;/m0./s1. The molecule has 0 radical (unpaired) electrons. The summed E-state index contributed by atoms with van der Waals surface area (Å²) in [7, 11) is 3.13. The van der Waals surface area contributed by atoms with E-state index in [4.69, 9.17) is 9.47 Å². The predicted molar refractivity (Wildman–Crippen MR) is 132 cm³/mol. The molecule has 1 aliphatic rings. The number of tetrazole rings is 1. The Morgan fingerprint density at radius 2 is 1.94 bits per heavy atom. The van der Waals surface area contributed by atoms with Gasteiger partial charge in [-0.3, -0.25) is 4.79 Å². The number of nitrogens with zero attached hydrogens (tertiary/aromatic N) is 4. The average molecular weight is 504 g/mol. The number of methoxy groups -OCH3 is 1. The molecule has 10 heteroatoms. The van der Waals surface area contributed by atoms with Crippen LogP contribution in [0, 0.1) is 11.7 Å². The second-order valence-corrected chi connectivity index (χ2v) is 8.86. The summed E-state index contributed by atoms with van der Waals surface area (Å²) in [6.07, 6.45) is 1.51. The summed E-state index contributed by atoms with van der Waals surface area (Å²) in [6, 6.07) is 12.2. The highest BCUT2D eigenvalue weighted by Gasteiger charge is 2.41. The van der Waals surface area contributed by atoms with Crippen molar-refractivity contribution in [2.24, 2.45) is 13.0 Å². The van der Waals surface area contributed by atoms with E-state index in [9.17, 15) is 9.18 Å². The van der Waals surface area contributed by atoms with E-state index in [1.54, 1.807) is 19.2 Å². The summed E-state index contributed by atoms with van der Waals surface area (Å²) >= 11 is 0. The van der Waals surface area contributed by atoms with Crippen molar-refractivity contribution in [1.82, 2.24) is 25.5 Å². The Bertz CT molecular complexity index is 1140. The number of carbonyl (C=O) groups excluding carboxylic acids is 1. The molecule has 0 amide bonds. The molecular weight excluding hydrogens is 473 g/mol. The minimum atomic E-state index is -0.300. The molecule has 3 aromatic rings. The number of hydrogen-bond donors (Lipinski definition) is 1. The molecule has 0 unspecified atom stereocenters. The summed E-state index contributed by atoms with van der Waals surface area (Å²) in [5.41, 5.74) is 2.72. The molecule has 0 saturated heterocycles. The molecule has 1 aromatic heterocycles. The number of aromatic nitrogens is 4. The topological polar surface area (TPSA) is 91.2 Å². The van der Waals surface area contributed by atoms with Crippen molar-refractivity contribution in [3.8, 4) is 17.1 Å². The molecule has 4 rings (SSSR count). The van der Waals surface area contributed by atoms with Crippen LogP contribution in [0.15, 0.2) is 42.5 Å². The number of rotatable bonds is 8. The molecule has 0 spiro atoms. The van der Waals surface area contributed by atoms with Gasteiger partial charge in [0.1, 0.15) is 11.6 Å². The van der Waals surface area contributed by atoms with Crippen LogP contribution < -0.4 is 10.1 Å². The minimum absolute atomic E-state index is 0. The van der Waals surface area contributed by atoms with Gasteiger partial charge in [-0.2, -0.15) is 4.80 Å². The fourth-order valence-corrected chi connectivity index (χ4v) is 4.66. The van der Waals surface area contributed by atoms with E-state index in [2.05, 4.69) is 20.7 Å². The Morgan fingerprint density at radius 1 is 1.20 bits per heavy atom. The van der Waals surface area contributed by atoms with Crippen molar-refractivity contribution in [1.29, 1.82) is 0 Å². The smallest absolute Gasteiger partial charge is 0.309 e. The first-order valence-corrected chi connectivity index (χ1v) is 11.5. The van der Waals surface area contributed by atoms with Gasteiger partial charge in [0.15, 0.2) is 0 Å². The van der Waals surface area contributed by atoms with E-state index in [-0.39, 0.29) is 48.2 Å². The van der Waals surface area contributed by atoms with Crippen LogP contribution in [-0.4, -0.2) is 45.4 Å². The maximum absolute atomic E-state index is 13.6. The Balaban J connectivity index is 0.00000342. The fourth-order valence-electron chi connectivity index (χ4n) is 4.66. The lowest BCUT2D eigenvalue weighted by molar-refractivity contribution is -0.145. The van der Waals surface area contributed by atoms with Crippen molar-refractivity contribution in [2.45, 2.75) is 51.3 Å². The Kier molecular flexibility index (Phi) is 8.80. The molecular formula is C25H31ClFN5O3. The first-order chi connectivity index (χ1) is 16.4. The van der Waals surface area contributed by atoms with Gasteiger partial charge in [0.25, 0.3) is 0 Å². The monoisotopic (exact) mass is 503 g/mol. The molecule has 1 aliphatic carbocycles. The summed E-state index contributed by atoms with van der Waals surface area (Å²) < 4.78 is 24.7. The zero-order chi connectivity index (χ0) is 24.2. The van der Waals surface area contributed by atoms with Crippen molar-refractivity contribution in [3.63, 3.8) is 0 Å². The third kappa shape index (κ3) is 6.15. The van der Waals surface area contributed by atoms with Crippen LogP contribution in [0.2, 0.25) is 0 Å². The lowest BCUT2D eigenvalue weighted by atomic mass is 9.86. The molecule has 1 N–H and O–H groups in total. The van der Waals surface area contributed by atoms with Crippen LogP contribution in [0.4, 0.5) is 4.39 Å². The largest absolute Gasteiger partial charge is 0.491 e. The number of aryl methyl sites for hydroxylation is 1. The number of benzene rings is 2. The van der Waals surface area contributed by atoms with Crippen LogP contribution in [0.1, 0.15) is 43.7 Å². The van der Waals surface area contributed by atoms with Crippen LogP contribution in [0.25, 0.3) is 11.4 Å². The number of nitrogens with one attached hydrogen (secondary N) is 1. The van der Waals surface area contributed by atoms with Crippen LogP contribution in [0.3, 0.4) is 0 Å². The molecule has 0 bridgehead atoms. The zero-order valence-corrected chi connectivity index (χ0v) is 21.1. The Morgan fingerprint density at radius 3 is 2.57 bits per heavy atom. The quantitative estimate of drug-likeness (QED) is 0.464. The maximum Gasteiger partial charge on any atom is 0.309 e. The van der Waals surface area contributed by atoms with E-state index in [0.29, 0.717) is 18.8 Å². The average Bonchev–Trinajstić information content (AvgIpc) is 3.44. The van der Waals surface area contributed by atoms with Crippen molar-refractivity contribution >= 4 is 18.4 Å². The number of halogens is 2. The van der Waals surface area contributed by atoms with Gasteiger partial charge in [0.05, 0.1) is 26.2 Å². The van der Waals surface area contributed by atoms with E-state index in [1.807, 2.05) is 32.0 Å². The highest BCUT2D eigenvalue weighted by atomic mass is 35.5. The summed E-state index contributed by atoms with van der Waals surface area (Å²) in [5.74, 6) is 0.373. The second-order valence-electron chi connectivity index (χ2n) is 8.86. The van der Waals surface area contributed by atoms with Gasteiger partial charge in [-0.15, -0.1) is 22.6 Å². The van der Waals surface area contributed by atoms with E-state index in [1.165, 1.54) is 24.0 Å². The third-order valence-electron chi connectivity index (χ3n) is 6.16. The number of ether oxygens (including phenoxy) is 2. The highest BCUT2D eigenvalue weighted by Crippen LogP contribution is 2.41. The van der Waals surface area contributed by atoms with Crippen LogP contribution in [0.5, 0.6) is 5.75 Å². The number of esters is 1. The second kappa shape index (κ2) is 11.6. The predicted octanol–water partition coefficient (Wildman–Crippen LogP) is 4.05. The third-order valence-corrected chi connectivity index (χ3v) is 6.16. The first kappa shape index (κ1) is 26.6. The van der Waals surface area contributed by atoms with Gasteiger partial charge in [0.2, 0.25) is 5.82 Å². The van der Waals surface area contributed by atoms with Gasteiger partial charge in [0, 0.05) is 29.6 Å². The van der Waals surface area contributed by atoms with Gasteiger partial charge in [-0.25, -0.2) is 4.39 Å². The number of hydrogen-bond acceptors (Lipinski definition) is 7. The Labute approximate surface area is 210 Å². The molecule has 3 atom stereocenters. The Hall–Kier alpha value is -3.04. The summed E-state index contributed by atoms with van der Waals surface area (Å²) in [5, 5.41) is 16.0. The highest BCUT2D eigenvalue weighted by molar-refractivity contribution is 5.85. The van der Waals surface area contributed by atoms with E-state index < -0.39 is 0 Å². The minimum Gasteiger partial charge on any atom is -0.491 e.